The van der Waals surface area contributed by atoms with Crippen molar-refractivity contribution in [2.45, 2.75) is 13.5 Å². The van der Waals surface area contributed by atoms with Crippen LogP contribution in [0.3, 0.4) is 0 Å². The number of carbonyl (C=O) groups excluding carboxylic acids is 1. The number of hydrogen-bond acceptors (Lipinski definition) is 3. The molecule has 0 radical (unpaired) electrons. The summed E-state index contributed by atoms with van der Waals surface area (Å²) in [6, 6.07) is 12.9. The van der Waals surface area contributed by atoms with Gasteiger partial charge in [0.25, 0.3) is 0 Å². The predicted octanol–water partition coefficient (Wildman–Crippen LogP) is 1.84. The molecule has 2 aromatic rings. The zero-order valence-corrected chi connectivity index (χ0v) is 11.7. The Bertz CT molecular complexity index is 640. The van der Waals surface area contributed by atoms with E-state index in [4.69, 9.17) is 5.73 Å². The summed E-state index contributed by atoms with van der Waals surface area (Å²) in [5.74, 6) is 0.487. The maximum Gasteiger partial charge on any atom is 0.321 e. The van der Waals surface area contributed by atoms with Crippen molar-refractivity contribution in [3.8, 4) is 0 Å². The molecule has 0 fully saturated rings. The second-order valence-corrected chi connectivity index (χ2v) is 4.43. The zero-order valence-electron chi connectivity index (χ0n) is 11.7. The lowest BCUT2D eigenvalue weighted by molar-refractivity contribution is 0.245. The number of pyridine rings is 1. The number of guanidine groups is 1. The number of hydrogen-bond donors (Lipinski definition) is 3. The maximum absolute atomic E-state index is 11.7. The summed E-state index contributed by atoms with van der Waals surface area (Å²) in [6.07, 6.45) is 1.62. The van der Waals surface area contributed by atoms with Gasteiger partial charge in [0.1, 0.15) is 0 Å². The fourth-order valence-electron chi connectivity index (χ4n) is 1.68. The van der Waals surface area contributed by atoms with Gasteiger partial charge < -0.3 is 11.1 Å². The molecule has 0 bridgehead atoms. The third kappa shape index (κ3) is 4.61. The molecule has 0 unspecified atom stereocenters. The third-order valence-corrected chi connectivity index (χ3v) is 2.75. The summed E-state index contributed by atoms with van der Waals surface area (Å²) in [5.41, 5.74) is 7.57. The molecule has 108 valence electrons. The first-order valence-corrected chi connectivity index (χ1v) is 6.49. The summed E-state index contributed by atoms with van der Waals surface area (Å²) >= 11 is 0. The topological polar surface area (TPSA) is 92.4 Å². The van der Waals surface area contributed by atoms with Gasteiger partial charge in [-0.25, -0.2) is 9.78 Å². The highest BCUT2D eigenvalue weighted by molar-refractivity contribution is 5.96. The number of urea groups is 1. The van der Waals surface area contributed by atoms with Crippen molar-refractivity contribution in [2.24, 2.45) is 10.7 Å². The average Bonchev–Trinajstić information content (AvgIpc) is 2.48. The molecule has 6 heteroatoms. The highest BCUT2D eigenvalue weighted by Gasteiger charge is 2.03. The Morgan fingerprint density at radius 1 is 1.24 bits per heavy atom. The Kier molecular flexibility index (Phi) is 4.87. The molecule has 4 N–H and O–H groups in total. The van der Waals surface area contributed by atoms with Gasteiger partial charge in [-0.1, -0.05) is 36.4 Å². The van der Waals surface area contributed by atoms with Crippen molar-refractivity contribution in [3.63, 3.8) is 0 Å². The van der Waals surface area contributed by atoms with Crippen LogP contribution in [-0.4, -0.2) is 17.0 Å². The second kappa shape index (κ2) is 7.04. The Morgan fingerprint density at radius 2 is 2.00 bits per heavy atom. The number of nitrogens with two attached hydrogens (primary N) is 1. The number of rotatable bonds is 3. The van der Waals surface area contributed by atoms with Crippen LogP contribution in [0.25, 0.3) is 0 Å². The number of aliphatic imine (C=N–C) groups is 1. The van der Waals surface area contributed by atoms with E-state index in [0.717, 1.165) is 11.1 Å². The van der Waals surface area contributed by atoms with Gasteiger partial charge in [-0.3, -0.25) is 5.32 Å². The average molecular weight is 283 g/mol. The minimum absolute atomic E-state index is 0.00219. The number of aryl methyl sites for hydroxylation is 1. The van der Waals surface area contributed by atoms with Crippen LogP contribution >= 0.6 is 0 Å². The molecular weight excluding hydrogens is 266 g/mol. The molecule has 0 atom stereocenters. The molecule has 1 aromatic carbocycles. The fourth-order valence-corrected chi connectivity index (χ4v) is 1.68. The second-order valence-electron chi connectivity index (χ2n) is 4.43. The lowest BCUT2D eigenvalue weighted by Gasteiger charge is -2.07. The van der Waals surface area contributed by atoms with E-state index in [0.29, 0.717) is 12.4 Å². The van der Waals surface area contributed by atoms with Crippen molar-refractivity contribution in [3.05, 3.63) is 59.8 Å². The Labute approximate surface area is 123 Å². The molecule has 0 saturated carbocycles. The van der Waals surface area contributed by atoms with Crippen LogP contribution in [0.2, 0.25) is 0 Å². The van der Waals surface area contributed by atoms with Crippen LogP contribution in [-0.2, 0) is 6.54 Å². The van der Waals surface area contributed by atoms with Crippen molar-refractivity contribution in [1.82, 2.24) is 15.6 Å². The summed E-state index contributed by atoms with van der Waals surface area (Å²) in [7, 11) is 0. The van der Waals surface area contributed by atoms with Crippen LogP contribution in [0, 0.1) is 6.92 Å². The summed E-state index contributed by atoms with van der Waals surface area (Å²) in [6.45, 7) is 2.29. The van der Waals surface area contributed by atoms with Crippen molar-refractivity contribution >= 4 is 17.8 Å². The minimum atomic E-state index is -0.409. The molecule has 21 heavy (non-hydrogen) atoms. The quantitative estimate of drug-likeness (QED) is 0.592. The normalized spacial score (nSPS) is 11.0. The largest absolute Gasteiger partial charge is 0.369 e. The summed E-state index contributed by atoms with van der Waals surface area (Å²) < 4.78 is 0. The monoisotopic (exact) mass is 283 g/mol. The predicted molar refractivity (Wildman–Crippen MR) is 82.1 cm³/mol. The van der Waals surface area contributed by atoms with Gasteiger partial charge in [-0.2, -0.15) is 4.99 Å². The van der Waals surface area contributed by atoms with E-state index in [2.05, 4.69) is 20.6 Å². The van der Waals surface area contributed by atoms with Gasteiger partial charge in [0.15, 0.2) is 5.82 Å². The summed E-state index contributed by atoms with van der Waals surface area (Å²) in [4.78, 5) is 19.8. The van der Waals surface area contributed by atoms with Gasteiger partial charge >= 0.3 is 6.03 Å². The van der Waals surface area contributed by atoms with Gasteiger partial charge in [0.05, 0.1) is 0 Å². The highest BCUT2D eigenvalue weighted by Crippen LogP contribution is 2.12. The van der Waals surface area contributed by atoms with Gasteiger partial charge in [-0.05, 0) is 24.1 Å². The molecule has 0 spiro atoms. The first-order valence-electron chi connectivity index (χ1n) is 6.49. The molecule has 2 rings (SSSR count). The molecule has 0 saturated heterocycles. The van der Waals surface area contributed by atoms with Crippen LogP contribution in [0.1, 0.15) is 11.1 Å². The van der Waals surface area contributed by atoms with E-state index in [1.165, 1.54) is 0 Å². The molecule has 2 amide bonds. The minimum Gasteiger partial charge on any atom is -0.369 e. The van der Waals surface area contributed by atoms with Gasteiger partial charge in [0, 0.05) is 12.7 Å². The van der Waals surface area contributed by atoms with E-state index in [-0.39, 0.29) is 5.96 Å². The SMILES string of the molecule is Cc1cccnc1/N=C(\N)NC(=O)NCc1ccccc1. The summed E-state index contributed by atoms with van der Waals surface area (Å²) in [5, 5.41) is 5.16. The first-order chi connectivity index (χ1) is 10.1. The van der Waals surface area contributed by atoms with E-state index in [1.807, 2.05) is 49.4 Å². The van der Waals surface area contributed by atoms with Gasteiger partial charge in [-0.15, -0.1) is 0 Å². The van der Waals surface area contributed by atoms with Gasteiger partial charge in [0.2, 0.25) is 5.96 Å². The molecule has 1 aromatic heterocycles. The molecule has 6 nitrogen and oxygen atoms in total. The van der Waals surface area contributed by atoms with Crippen LogP contribution in [0.4, 0.5) is 10.6 Å². The number of amides is 2. The molecule has 0 aliphatic heterocycles. The third-order valence-electron chi connectivity index (χ3n) is 2.75. The highest BCUT2D eigenvalue weighted by atomic mass is 16.2. The number of nitrogens with one attached hydrogen (secondary N) is 2. The number of benzene rings is 1. The molecule has 0 aliphatic carbocycles. The molecule has 0 aliphatic rings. The lowest BCUT2D eigenvalue weighted by Crippen LogP contribution is -2.42. The van der Waals surface area contributed by atoms with E-state index in [1.54, 1.807) is 6.20 Å². The van der Waals surface area contributed by atoms with Crippen molar-refractivity contribution in [2.75, 3.05) is 0 Å². The number of aromatic nitrogens is 1. The number of carbonyl (C=O) groups is 1. The smallest absolute Gasteiger partial charge is 0.321 e. The van der Waals surface area contributed by atoms with Crippen molar-refractivity contribution < 1.29 is 4.79 Å². The lowest BCUT2D eigenvalue weighted by atomic mass is 10.2. The maximum atomic E-state index is 11.7. The molecule has 1 heterocycles. The number of nitrogens with zero attached hydrogens (tertiary/aromatic N) is 2. The van der Waals surface area contributed by atoms with Crippen LogP contribution in [0.5, 0.6) is 0 Å². The Morgan fingerprint density at radius 3 is 2.71 bits per heavy atom. The fraction of sp³-hybridized carbons (Fsp3) is 0.133. The van der Waals surface area contributed by atoms with Crippen LogP contribution < -0.4 is 16.4 Å². The Balaban J connectivity index is 1.89. The Hall–Kier alpha value is -2.89. The van der Waals surface area contributed by atoms with E-state index >= 15 is 0 Å². The first kappa shape index (κ1) is 14.5. The van der Waals surface area contributed by atoms with E-state index in [9.17, 15) is 4.79 Å². The van der Waals surface area contributed by atoms with Crippen molar-refractivity contribution in [1.29, 1.82) is 0 Å². The van der Waals surface area contributed by atoms with Crippen LogP contribution in [0.15, 0.2) is 53.7 Å². The van der Waals surface area contributed by atoms with E-state index < -0.39 is 6.03 Å². The zero-order chi connectivity index (χ0) is 15.1. The molecular formula is C15H17N5O. The standard InChI is InChI=1S/C15H17N5O/c1-11-6-5-9-17-13(11)19-14(16)20-15(21)18-10-12-7-3-2-4-8-12/h2-9H,10H2,1H3,(H4,16,17,18,19,20,21).